The van der Waals surface area contributed by atoms with Crippen molar-refractivity contribution in [2.75, 3.05) is 9.80 Å². The number of phenolic OH excluding ortho intramolecular Hbond substituents is 19. The molecule has 8 rings (SSSR count). The number of carbonyl (C=O) groups is 3. The van der Waals surface area contributed by atoms with Crippen LogP contribution in [-0.2, 0) is 9.59 Å². The smallest absolute Gasteiger partial charge is 0.205 e. The number of anilines is 5. The highest BCUT2D eigenvalue weighted by Gasteiger charge is 2.68. The highest BCUT2D eigenvalue weighted by atomic mass is 16.4. The first-order valence-corrected chi connectivity index (χ1v) is 23.7. The van der Waals surface area contributed by atoms with Crippen LogP contribution in [0.25, 0.3) is 10.8 Å². The van der Waals surface area contributed by atoms with Crippen molar-refractivity contribution in [2.24, 2.45) is 5.41 Å². The Morgan fingerprint density at radius 1 is 0.392 bits per heavy atom. The Morgan fingerprint density at radius 3 is 1.13 bits per heavy atom. The summed E-state index contributed by atoms with van der Waals surface area (Å²) in [4.78, 5) is 47.2. The zero-order valence-electron chi connectivity index (χ0n) is 43.0. The van der Waals surface area contributed by atoms with Crippen LogP contribution in [0.1, 0.15) is 102 Å². The second-order valence-electron chi connectivity index (χ2n) is 20.4. The Kier molecular flexibility index (Phi) is 12.6. The van der Waals surface area contributed by atoms with Gasteiger partial charge in [-0.15, -0.1) is 0 Å². The first kappa shape index (κ1) is 55.5. The lowest BCUT2D eigenvalue weighted by molar-refractivity contribution is -0.163. The quantitative estimate of drug-likeness (QED) is 0.0654. The van der Waals surface area contributed by atoms with Gasteiger partial charge in [-0.05, 0) is 46.5 Å². The third-order valence-corrected chi connectivity index (χ3v) is 15.4. The molecular formula is C53H54N2O24. The molecule has 5 unspecified atom stereocenters. The predicted molar refractivity (Wildman–Crippen MR) is 273 cm³/mol. The van der Waals surface area contributed by atoms with Gasteiger partial charge >= 0.3 is 0 Å². The van der Waals surface area contributed by atoms with Gasteiger partial charge in [-0.1, -0.05) is 27.7 Å². The third-order valence-electron chi connectivity index (χ3n) is 15.4. The van der Waals surface area contributed by atoms with Gasteiger partial charge in [0, 0.05) is 49.9 Å². The summed E-state index contributed by atoms with van der Waals surface area (Å²) >= 11 is 0. The van der Waals surface area contributed by atoms with Crippen molar-refractivity contribution in [3.05, 3.63) is 44.5 Å². The summed E-state index contributed by atoms with van der Waals surface area (Å²) in [5.41, 5.74) is -16.3. The number of nitrogens with zero attached hydrogens (tertiary/aromatic N) is 2. The molecule has 1 fully saturated rings. The number of rotatable bonds is 8. The van der Waals surface area contributed by atoms with Crippen molar-refractivity contribution in [3.63, 3.8) is 0 Å². The minimum atomic E-state index is -3.31. The number of hydrogen-bond donors (Lipinski definition) is 21. The fourth-order valence-corrected chi connectivity index (χ4v) is 11.2. The zero-order chi connectivity index (χ0) is 59.5. The van der Waals surface area contributed by atoms with Crippen LogP contribution in [0.3, 0.4) is 0 Å². The second kappa shape index (κ2) is 17.9. The number of aliphatic hydroxyl groups excluding tert-OH is 2. The van der Waals surface area contributed by atoms with Gasteiger partial charge in [0.1, 0.15) is 86.9 Å². The maximum absolute atomic E-state index is 16.4. The second-order valence-corrected chi connectivity index (χ2v) is 20.4. The molecule has 1 saturated carbocycles. The molecule has 0 saturated heterocycles. The van der Waals surface area contributed by atoms with Crippen LogP contribution >= 0.6 is 0 Å². The van der Waals surface area contributed by atoms with Crippen molar-refractivity contribution in [1.82, 2.24) is 0 Å². The van der Waals surface area contributed by atoms with E-state index >= 15 is 14.4 Å². The molecule has 26 nitrogen and oxygen atoms in total. The molecule has 2 aliphatic carbocycles. The van der Waals surface area contributed by atoms with Gasteiger partial charge in [-0.25, -0.2) is 0 Å². The lowest BCUT2D eigenvalue weighted by Crippen LogP contribution is -2.68. The van der Waals surface area contributed by atoms with Crippen molar-refractivity contribution >= 4 is 56.6 Å². The Morgan fingerprint density at radius 2 is 0.734 bits per heavy atom. The summed E-state index contributed by atoms with van der Waals surface area (Å²) in [5, 5.41) is 244. The monoisotopic (exact) mass is 1100 g/mol. The Hall–Kier alpha value is -9.69. The average molecular weight is 1100 g/mol. The van der Waals surface area contributed by atoms with Gasteiger partial charge in [0.25, 0.3) is 0 Å². The van der Waals surface area contributed by atoms with E-state index in [0.29, 0.717) is 6.92 Å². The van der Waals surface area contributed by atoms with Crippen LogP contribution in [0, 0.1) is 33.1 Å². The van der Waals surface area contributed by atoms with E-state index in [1.54, 1.807) is 0 Å². The van der Waals surface area contributed by atoms with Crippen molar-refractivity contribution in [2.45, 2.75) is 98.3 Å². The number of benzene rings is 6. The molecule has 420 valence electrons. The van der Waals surface area contributed by atoms with Crippen LogP contribution < -0.4 is 9.80 Å². The van der Waals surface area contributed by atoms with Crippen LogP contribution in [-0.4, -0.2) is 143 Å². The van der Waals surface area contributed by atoms with Crippen LogP contribution in [0.15, 0.2) is 0 Å². The number of carbonyl (C=O) groups excluding carboxylic acids is 3. The van der Waals surface area contributed by atoms with Gasteiger partial charge in [-0.2, -0.15) is 0 Å². The molecule has 5 atom stereocenters. The summed E-state index contributed by atoms with van der Waals surface area (Å²) in [7, 11) is 0. The van der Waals surface area contributed by atoms with E-state index in [-0.39, 0.29) is 9.80 Å². The first-order valence-electron chi connectivity index (χ1n) is 23.7. The fourth-order valence-electron chi connectivity index (χ4n) is 11.2. The number of aromatic hydroxyl groups is 19. The van der Waals surface area contributed by atoms with Crippen LogP contribution in [0.5, 0.6) is 109 Å². The summed E-state index contributed by atoms with van der Waals surface area (Å²) in [5.74, 6) is -36.9. The molecule has 0 spiro atoms. The summed E-state index contributed by atoms with van der Waals surface area (Å²) in [6, 6.07) is -2.99. The van der Waals surface area contributed by atoms with Crippen molar-refractivity contribution in [1.29, 1.82) is 0 Å². The van der Waals surface area contributed by atoms with E-state index in [4.69, 9.17) is 0 Å². The number of ketones is 3. The molecule has 2 aliphatic rings. The molecular weight excluding hydrogens is 1050 g/mol. The Bertz CT molecular complexity index is 3660. The molecule has 0 bridgehead atoms. The lowest BCUT2D eigenvalue weighted by Gasteiger charge is -2.53. The SMILES string of the molecule is Cc1c(O)c(C)c(O)c(N(c2c(O)c(O)c(C(C)C)c(O)c2O)c2c(O)c3c(c4c(O)c(O)c(O)c(O)c24)C(=O)C(N(c2c(O)c(C)c(O)c(C)c2O)c2c(O)c(O)c(C(C)C)c(O)c2O)C2(C)C(=O)C(O)C(O)C(=O)C32)c1O. The van der Waals surface area contributed by atoms with Crippen molar-refractivity contribution in [3.8, 4) is 109 Å². The van der Waals surface area contributed by atoms with Crippen LogP contribution in [0.2, 0.25) is 0 Å². The standard InChI is InChI=1S/C53H54N2O24/c1-10(2)16-35(63)43(71)26(44(72)36(16)64)54(24-30(58)12(5)28(56)13(6)31(24)59)23-21-19(39(67)47(75)48(76)40(21)68)18-20(34(23)62)22-42(70)49(77)50(78)52(79)53(22,9)51(41(18)69)55(25-32(60)14(7)29(57)15(8)33(25)61)27-45(73)37(65)17(11(3)4)38(66)46(27)74/h10-11,22,49-51,56-68,71-78H,1-9H3. The maximum atomic E-state index is 16.4. The molecule has 0 aromatic heterocycles. The fraction of sp³-hybridized carbons (Fsp3) is 0.302. The Labute approximate surface area is 444 Å². The summed E-state index contributed by atoms with van der Waals surface area (Å²) in [6.07, 6.45) is -5.80. The van der Waals surface area contributed by atoms with Gasteiger partial charge < -0.3 is 112 Å². The highest BCUT2D eigenvalue weighted by Crippen LogP contribution is 2.70. The molecule has 6 aromatic rings. The first-order chi connectivity index (χ1) is 36.5. The van der Waals surface area contributed by atoms with E-state index in [1.165, 1.54) is 27.7 Å². The predicted octanol–water partition coefficient (Wildman–Crippen LogP) is 5.56. The number of fused-ring (bicyclic) bond motifs is 5. The molecule has 0 aliphatic heterocycles. The third kappa shape index (κ3) is 6.92. The van der Waals surface area contributed by atoms with Crippen LogP contribution in [0.4, 0.5) is 28.4 Å². The molecule has 21 N–H and O–H groups in total. The maximum Gasteiger partial charge on any atom is 0.205 e. The van der Waals surface area contributed by atoms with E-state index in [1.807, 2.05) is 0 Å². The number of Topliss-reactive ketones (excluding diaryl/α,β-unsaturated/α-hetero) is 3. The van der Waals surface area contributed by atoms with Gasteiger partial charge in [0.05, 0.1) is 16.7 Å². The molecule has 0 radical (unpaired) electrons. The molecule has 79 heavy (non-hydrogen) atoms. The summed E-state index contributed by atoms with van der Waals surface area (Å²) < 4.78 is 0. The van der Waals surface area contributed by atoms with Gasteiger partial charge in [0.15, 0.2) is 74.8 Å². The topological polar surface area (TPSA) is 483 Å². The Balaban J connectivity index is 1.71. The minimum Gasteiger partial charge on any atom is -0.507 e. The van der Waals surface area contributed by atoms with Crippen molar-refractivity contribution < 1.29 is 122 Å². The van der Waals surface area contributed by atoms with E-state index in [2.05, 4.69) is 0 Å². The minimum absolute atomic E-state index is 0.114. The summed E-state index contributed by atoms with van der Waals surface area (Å²) in [6.45, 7) is 10.3. The molecule has 0 heterocycles. The normalized spacial score (nSPS) is 19.1. The van der Waals surface area contributed by atoms with E-state index in [9.17, 15) is 107 Å². The molecule has 0 amide bonds. The van der Waals surface area contributed by atoms with E-state index < -0.39 is 252 Å². The van der Waals surface area contributed by atoms with Gasteiger partial charge in [-0.3, -0.25) is 19.3 Å². The highest BCUT2D eigenvalue weighted by molar-refractivity contribution is 6.27. The number of hydrogen-bond acceptors (Lipinski definition) is 26. The molecule has 6 aromatic carbocycles. The lowest BCUT2D eigenvalue weighted by atomic mass is 9.52. The zero-order valence-corrected chi connectivity index (χ0v) is 43.0. The largest absolute Gasteiger partial charge is 0.507 e. The number of aliphatic hydroxyl groups is 2. The average Bonchev–Trinajstić information content (AvgIpc) is 2.97. The number of phenols is 19. The molecule has 26 heteroatoms. The van der Waals surface area contributed by atoms with E-state index in [0.717, 1.165) is 27.7 Å². The van der Waals surface area contributed by atoms with Gasteiger partial charge in [0.2, 0.25) is 11.5 Å².